The van der Waals surface area contributed by atoms with Crippen molar-refractivity contribution in [3.63, 3.8) is 0 Å². The fourth-order valence-electron chi connectivity index (χ4n) is 0.485. The van der Waals surface area contributed by atoms with Gasteiger partial charge in [0.15, 0.2) is 6.23 Å². The van der Waals surface area contributed by atoms with Crippen molar-refractivity contribution in [2.75, 3.05) is 20.6 Å². The molecule has 0 radical (unpaired) electrons. The maximum absolute atomic E-state index is 9.14. The van der Waals surface area contributed by atoms with E-state index in [0.717, 1.165) is 6.54 Å². The predicted octanol–water partition coefficient (Wildman–Crippen LogP) is 1.01. The number of aliphatic hydroxyl groups excluding tert-OH is 1. The number of hydrogen-bond donors (Lipinski definition) is 1. The number of hydrogen-bond acceptors (Lipinski definition) is 1. The van der Waals surface area contributed by atoms with E-state index in [9.17, 15) is 0 Å². The Kier molecular flexibility index (Phi) is 5.95. The maximum atomic E-state index is 9.14. The van der Waals surface area contributed by atoms with E-state index >= 15 is 0 Å². The van der Waals surface area contributed by atoms with Crippen molar-refractivity contribution in [1.82, 2.24) is 0 Å². The minimum Gasteiger partial charge on any atom is -0.345 e. The SMILES string of the molecule is C=CC[N+](C)(C)C(C)O.Cl. The highest BCUT2D eigenvalue weighted by molar-refractivity contribution is 5.85. The molecule has 1 atom stereocenters. The first-order valence-corrected chi connectivity index (χ1v) is 3.12. The number of nitrogens with zero attached hydrogens (tertiary/aromatic N) is 1. The molecule has 0 saturated carbocycles. The third-order valence-electron chi connectivity index (χ3n) is 1.61. The lowest BCUT2D eigenvalue weighted by Gasteiger charge is -2.31. The fraction of sp³-hybridized carbons (Fsp3) is 0.714. The molecular formula is C7H17ClNO+. The summed E-state index contributed by atoms with van der Waals surface area (Å²) in [6.45, 7) is 6.19. The summed E-state index contributed by atoms with van der Waals surface area (Å²) in [7, 11) is 3.93. The van der Waals surface area contributed by atoms with E-state index in [1.54, 1.807) is 6.92 Å². The topological polar surface area (TPSA) is 20.2 Å². The van der Waals surface area contributed by atoms with Gasteiger partial charge < -0.3 is 9.59 Å². The average Bonchev–Trinajstić information content (AvgIpc) is 1.65. The molecule has 0 rings (SSSR count). The van der Waals surface area contributed by atoms with Gasteiger partial charge in [-0.3, -0.25) is 0 Å². The molecule has 0 aliphatic heterocycles. The van der Waals surface area contributed by atoms with Crippen LogP contribution in [-0.2, 0) is 0 Å². The van der Waals surface area contributed by atoms with Crippen LogP contribution in [0.4, 0.5) is 0 Å². The highest BCUT2D eigenvalue weighted by Crippen LogP contribution is 2.01. The van der Waals surface area contributed by atoms with Crippen LogP contribution >= 0.6 is 12.4 Å². The zero-order valence-corrected chi connectivity index (χ0v) is 7.69. The van der Waals surface area contributed by atoms with Crippen LogP contribution in [0.1, 0.15) is 6.92 Å². The van der Waals surface area contributed by atoms with Crippen LogP contribution in [-0.4, -0.2) is 36.5 Å². The van der Waals surface area contributed by atoms with E-state index in [0.29, 0.717) is 4.48 Å². The first kappa shape index (κ1) is 12.6. The summed E-state index contributed by atoms with van der Waals surface area (Å²) in [6.07, 6.45) is 1.50. The standard InChI is InChI=1S/C7H16NO.ClH/c1-5-6-8(3,4)7(2)9;/h5,7,9H,1,6H2,2-4H3;1H/q+1;. The van der Waals surface area contributed by atoms with E-state index in [2.05, 4.69) is 6.58 Å². The normalized spacial score (nSPS) is 13.6. The van der Waals surface area contributed by atoms with Crippen molar-refractivity contribution in [3.05, 3.63) is 12.7 Å². The second-order valence-corrected chi connectivity index (χ2v) is 2.88. The van der Waals surface area contributed by atoms with Gasteiger partial charge in [-0.2, -0.15) is 0 Å². The largest absolute Gasteiger partial charge is 0.345 e. The number of quaternary nitrogens is 1. The molecule has 0 spiro atoms. The monoisotopic (exact) mass is 166 g/mol. The van der Waals surface area contributed by atoms with Gasteiger partial charge in [-0.1, -0.05) is 6.58 Å². The second-order valence-electron chi connectivity index (χ2n) is 2.88. The summed E-state index contributed by atoms with van der Waals surface area (Å²) < 4.78 is 0.587. The molecule has 0 fully saturated rings. The molecule has 0 saturated heterocycles. The van der Waals surface area contributed by atoms with Gasteiger partial charge in [0.2, 0.25) is 0 Å². The number of rotatable bonds is 3. The van der Waals surface area contributed by atoms with Crippen LogP contribution < -0.4 is 0 Å². The first-order chi connectivity index (χ1) is 4.00. The number of likely N-dealkylation sites (N-methyl/N-ethyl adjacent to an activating group) is 1. The Morgan fingerprint density at radius 1 is 1.60 bits per heavy atom. The van der Waals surface area contributed by atoms with E-state index in [1.807, 2.05) is 20.2 Å². The third kappa shape index (κ3) is 3.88. The molecule has 0 aromatic rings. The summed E-state index contributed by atoms with van der Waals surface area (Å²) in [4.78, 5) is 0. The van der Waals surface area contributed by atoms with Crippen LogP contribution in [0.15, 0.2) is 12.7 Å². The van der Waals surface area contributed by atoms with Crippen molar-refractivity contribution in [2.45, 2.75) is 13.2 Å². The molecule has 62 valence electrons. The Labute approximate surface area is 69.2 Å². The fourth-order valence-corrected chi connectivity index (χ4v) is 0.485. The summed E-state index contributed by atoms with van der Waals surface area (Å²) in [6, 6.07) is 0. The summed E-state index contributed by atoms with van der Waals surface area (Å²) >= 11 is 0. The van der Waals surface area contributed by atoms with E-state index in [1.165, 1.54) is 0 Å². The molecular weight excluding hydrogens is 150 g/mol. The lowest BCUT2D eigenvalue weighted by Crippen LogP contribution is -2.47. The zero-order chi connectivity index (χ0) is 7.49. The Bertz CT molecular complexity index is 102. The van der Waals surface area contributed by atoms with Gasteiger partial charge >= 0.3 is 0 Å². The van der Waals surface area contributed by atoms with Gasteiger partial charge in [-0.25, -0.2) is 0 Å². The zero-order valence-electron chi connectivity index (χ0n) is 6.87. The predicted molar refractivity (Wildman–Crippen MR) is 46.1 cm³/mol. The molecule has 0 amide bonds. The minimum atomic E-state index is -0.317. The van der Waals surface area contributed by atoms with Crippen LogP contribution in [0.5, 0.6) is 0 Å². The van der Waals surface area contributed by atoms with Crippen LogP contribution in [0.2, 0.25) is 0 Å². The molecule has 3 heteroatoms. The van der Waals surface area contributed by atoms with Gasteiger partial charge in [-0.05, 0) is 6.08 Å². The Hall–Kier alpha value is -0.0500. The molecule has 0 aliphatic carbocycles. The van der Waals surface area contributed by atoms with Crippen LogP contribution in [0.3, 0.4) is 0 Å². The van der Waals surface area contributed by atoms with Gasteiger partial charge in [0.1, 0.15) is 0 Å². The van der Waals surface area contributed by atoms with Gasteiger partial charge in [0, 0.05) is 6.92 Å². The van der Waals surface area contributed by atoms with E-state index in [-0.39, 0.29) is 18.6 Å². The van der Waals surface area contributed by atoms with Gasteiger partial charge in [-0.15, -0.1) is 12.4 Å². The Morgan fingerprint density at radius 3 is 2.10 bits per heavy atom. The highest BCUT2D eigenvalue weighted by Gasteiger charge is 2.18. The van der Waals surface area contributed by atoms with Crippen molar-refractivity contribution in [1.29, 1.82) is 0 Å². The molecule has 0 aliphatic rings. The highest BCUT2D eigenvalue weighted by atomic mass is 35.5. The van der Waals surface area contributed by atoms with Crippen molar-refractivity contribution >= 4 is 12.4 Å². The molecule has 0 aromatic heterocycles. The first-order valence-electron chi connectivity index (χ1n) is 3.12. The number of aliphatic hydroxyl groups is 1. The van der Waals surface area contributed by atoms with Gasteiger partial charge in [0.05, 0.1) is 20.6 Å². The average molecular weight is 167 g/mol. The molecule has 10 heavy (non-hydrogen) atoms. The smallest absolute Gasteiger partial charge is 0.187 e. The molecule has 1 unspecified atom stereocenters. The van der Waals surface area contributed by atoms with Crippen molar-refractivity contribution in [3.8, 4) is 0 Å². The molecule has 0 aromatic carbocycles. The Morgan fingerprint density at radius 2 is 2.00 bits per heavy atom. The minimum absolute atomic E-state index is 0. The lowest BCUT2D eigenvalue weighted by atomic mass is 10.4. The quantitative estimate of drug-likeness (QED) is 0.377. The summed E-state index contributed by atoms with van der Waals surface area (Å²) in [5.41, 5.74) is 0. The number of halogens is 1. The lowest BCUT2D eigenvalue weighted by molar-refractivity contribution is -0.929. The van der Waals surface area contributed by atoms with E-state index < -0.39 is 0 Å². The van der Waals surface area contributed by atoms with Crippen LogP contribution in [0, 0.1) is 0 Å². The Balaban J connectivity index is 0. The molecule has 2 nitrogen and oxygen atoms in total. The summed E-state index contributed by atoms with van der Waals surface area (Å²) in [5, 5.41) is 9.14. The second kappa shape index (κ2) is 4.72. The maximum Gasteiger partial charge on any atom is 0.187 e. The third-order valence-corrected chi connectivity index (χ3v) is 1.61. The van der Waals surface area contributed by atoms with Gasteiger partial charge in [0.25, 0.3) is 0 Å². The van der Waals surface area contributed by atoms with Crippen molar-refractivity contribution < 1.29 is 9.59 Å². The molecule has 0 bridgehead atoms. The van der Waals surface area contributed by atoms with E-state index in [4.69, 9.17) is 5.11 Å². The van der Waals surface area contributed by atoms with Crippen molar-refractivity contribution in [2.24, 2.45) is 0 Å². The molecule has 0 heterocycles. The summed E-state index contributed by atoms with van der Waals surface area (Å²) in [5.74, 6) is 0. The van der Waals surface area contributed by atoms with Crippen LogP contribution in [0.25, 0.3) is 0 Å². The molecule has 1 N–H and O–H groups in total.